The summed E-state index contributed by atoms with van der Waals surface area (Å²) in [5.41, 5.74) is -7.60. The third-order valence-electron chi connectivity index (χ3n) is 9.05. The molecule has 0 amide bonds. The molecule has 0 saturated carbocycles. The van der Waals surface area contributed by atoms with Crippen molar-refractivity contribution in [1.29, 1.82) is 0 Å². The van der Waals surface area contributed by atoms with Crippen molar-refractivity contribution in [2.24, 2.45) is 0 Å². The van der Waals surface area contributed by atoms with Crippen molar-refractivity contribution in [3.05, 3.63) is 0 Å². The number of aliphatic carboxylic acids is 4. The van der Waals surface area contributed by atoms with Gasteiger partial charge in [-0.2, -0.15) is 0 Å². The van der Waals surface area contributed by atoms with Crippen LogP contribution in [0.2, 0.25) is 0 Å². The smallest absolute Gasteiger partial charge is 0.546 e. The van der Waals surface area contributed by atoms with E-state index in [9.17, 15) is 58.8 Å². The Kier molecular flexibility index (Phi) is 40.2. The third kappa shape index (κ3) is 27.5. The normalized spacial score (nSPS) is 14.8. The van der Waals surface area contributed by atoms with E-state index < -0.39 is 69.4 Å². The molecule has 21 heteroatoms. The summed E-state index contributed by atoms with van der Waals surface area (Å²) < 4.78 is 41.5. The van der Waals surface area contributed by atoms with Crippen molar-refractivity contribution in [3.8, 4) is 0 Å². The Morgan fingerprint density at radius 3 is 0.507 bits per heavy atom. The Morgan fingerprint density at radius 1 is 0.304 bits per heavy atom. The fraction of sp³-hybridized carbons (Fsp3) is 0.833. The van der Waals surface area contributed by atoms with Gasteiger partial charge in [0, 0.05) is 0 Å². The minimum absolute atomic E-state index is 0. The zero-order chi connectivity index (χ0) is 54.6. The molecule has 69 heavy (non-hydrogen) atoms. The van der Waals surface area contributed by atoms with Crippen molar-refractivity contribution < 1.29 is 123 Å². The van der Waals surface area contributed by atoms with Crippen LogP contribution in [-0.4, -0.2) is 145 Å². The first-order valence-corrected chi connectivity index (χ1v) is 23.2. The first kappa shape index (κ1) is 75.1. The van der Waals surface area contributed by atoms with Crippen LogP contribution in [0.3, 0.4) is 0 Å². The maximum Gasteiger partial charge on any atom is 4.00 e. The molecule has 0 aliphatic rings. The standard InChI is InChI=1S/4C12H22O5.Zr/c4*1-6-12(11(14)15,17-9(4)5)10(13)7-16-8(2)3;/h4*8-9H,6-7H2,1-5H3,(H,14,15);/q;;;;+4/p-4. The van der Waals surface area contributed by atoms with Gasteiger partial charge < -0.3 is 77.5 Å². The number of Topliss-reactive ketones (excluding diaryl/α,β-unsaturated/α-hetero) is 4. The summed E-state index contributed by atoms with van der Waals surface area (Å²) in [6, 6.07) is 0. The largest absolute Gasteiger partial charge is 4.00 e. The summed E-state index contributed by atoms with van der Waals surface area (Å²) in [5, 5.41) is 44.6. The molecule has 0 spiro atoms. The van der Waals surface area contributed by atoms with Crippen molar-refractivity contribution in [1.82, 2.24) is 0 Å². The zero-order valence-corrected chi connectivity index (χ0v) is 47.4. The van der Waals surface area contributed by atoms with E-state index in [1.54, 1.807) is 138 Å². The Hall–Kier alpha value is -2.88. The topological polar surface area (TPSA) is 303 Å². The summed E-state index contributed by atoms with van der Waals surface area (Å²) in [7, 11) is 0. The third-order valence-corrected chi connectivity index (χ3v) is 9.05. The van der Waals surface area contributed by atoms with Crippen molar-refractivity contribution in [2.75, 3.05) is 26.4 Å². The van der Waals surface area contributed by atoms with E-state index in [2.05, 4.69) is 0 Å². The molecular weight excluding hydrogens is 988 g/mol. The van der Waals surface area contributed by atoms with Crippen LogP contribution >= 0.6 is 0 Å². The molecule has 0 saturated heterocycles. The van der Waals surface area contributed by atoms with Gasteiger partial charge in [0.2, 0.25) is 0 Å². The van der Waals surface area contributed by atoms with Gasteiger partial charge in [-0.1, -0.05) is 27.7 Å². The first-order chi connectivity index (χ1) is 31.0. The molecule has 0 aromatic rings. The quantitative estimate of drug-likeness (QED) is 0.0855. The molecule has 0 heterocycles. The maximum atomic E-state index is 11.9. The number of carbonyl (C=O) groups is 8. The number of carboxylic acid groups (broad SMARTS) is 4. The number of hydrogen-bond donors (Lipinski definition) is 0. The Labute approximate surface area is 430 Å². The van der Waals surface area contributed by atoms with Crippen LogP contribution in [-0.2, 0) is 102 Å². The second-order valence-corrected chi connectivity index (χ2v) is 17.7. The van der Waals surface area contributed by atoms with E-state index in [4.69, 9.17) is 37.9 Å². The maximum absolute atomic E-state index is 11.9. The van der Waals surface area contributed by atoms with Crippen molar-refractivity contribution >= 4 is 47.0 Å². The molecule has 0 aromatic heterocycles. The summed E-state index contributed by atoms with van der Waals surface area (Å²) >= 11 is 0. The first-order valence-electron chi connectivity index (χ1n) is 23.2. The van der Waals surface area contributed by atoms with Crippen molar-refractivity contribution in [3.63, 3.8) is 0 Å². The summed E-state index contributed by atoms with van der Waals surface area (Å²) in [5.74, 6) is -8.47. The van der Waals surface area contributed by atoms with E-state index in [0.717, 1.165) is 0 Å². The molecule has 0 aromatic carbocycles. The van der Waals surface area contributed by atoms with Crippen LogP contribution < -0.4 is 20.4 Å². The van der Waals surface area contributed by atoms with Crippen LogP contribution in [0.25, 0.3) is 0 Å². The van der Waals surface area contributed by atoms with Gasteiger partial charge in [-0.05, 0) is 136 Å². The molecule has 0 rings (SSSR count). The Balaban J connectivity index is -0.000000263. The average molecular weight is 1070 g/mol. The molecule has 0 bridgehead atoms. The number of carbonyl (C=O) groups excluding carboxylic acids is 8. The van der Waals surface area contributed by atoms with Crippen LogP contribution in [0, 0.1) is 0 Å². The molecule has 0 radical (unpaired) electrons. The van der Waals surface area contributed by atoms with E-state index in [-0.39, 0.29) is 127 Å². The number of ketones is 4. The predicted molar refractivity (Wildman–Crippen MR) is 241 cm³/mol. The molecule has 0 N–H and O–H groups in total. The minimum Gasteiger partial charge on any atom is -0.546 e. The number of carboxylic acids is 4. The Bertz CT molecular complexity index is 1320. The molecule has 20 nitrogen and oxygen atoms in total. The average Bonchev–Trinajstić information content (AvgIpc) is 3.21. The zero-order valence-electron chi connectivity index (χ0n) is 44.9. The fourth-order valence-electron chi connectivity index (χ4n) is 5.66. The molecule has 4 atom stereocenters. The van der Waals surface area contributed by atoms with Crippen LogP contribution in [0.1, 0.15) is 164 Å². The van der Waals surface area contributed by atoms with Gasteiger partial charge in [0.15, 0.2) is 45.5 Å². The van der Waals surface area contributed by atoms with E-state index in [1.807, 2.05) is 0 Å². The van der Waals surface area contributed by atoms with E-state index in [1.165, 1.54) is 0 Å². The van der Waals surface area contributed by atoms with Crippen LogP contribution in [0.5, 0.6) is 0 Å². The molecule has 0 aliphatic carbocycles. The van der Waals surface area contributed by atoms with Crippen molar-refractivity contribution in [2.45, 2.75) is 235 Å². The molecule has 400 valence electrons. The van der Waals surface area contributed by atoms with Gasteiger partial charge in [0.25, 0.3) is 0 Å². The number of ether oxygens (including phenoxy) is 8. The number of rotatable bonds is 32. The molecule has 4 unspecified atom stereocenters. The summed E-state index contributed by atoms with van der Waals surface area (Å²) in [6.07, 6.45) is -2.01. The van der Waals surface area contributed by atoms with Gasteiger partial charge in [-0.15, -0.1) is 0 Å². The molecular formula is C48H84O20Zr. The van der Waals surface area contributed by atoms with Gasteiger partial charge in [0.05, 0.1) is 72.7 Å². The Morgan fingerprint density at radius 2 is 0.435 bits per heavy atom. The predicted octanol–water partition coefficient (Wildman–Crippen LogP) is 1.21. The summed E-state index contributed by atoms with van der Waals surface area (Å²) in [6.45, 7) is 32.7. The molecule has 0 aliphatic heterocycles. The number of hydrogen-bond acceptors (Lipinski definition) is 20. The van der Waals surface area contributed by atoms with Gasteiger partial charge >= 0.3 is 26.2 Å². The SMILES string of the molecule is CCC(OC(C)C)(C(=O)[O-])C(=O)COC(C)C.CCC(OC(C)C)(C(=O)[O-])C(=O)COC(C)C.CCC(OC(C)C)(C(=O)[O-])C(=O)COC(C)C.CCC(OC(C)C)(C(=O)[O-])C(=O)COC(C)C.[Zr+4]. The second kappa shape index (κ2) is 37.0. The molecule has 0 fully saturated rings. The minimum atomic E-state index is -1.90. The van der Waals surface area contributed by atoms with E-state index >= 15 is 0 Å². The van der Waals surface area contributed by atoms with E-state index in [0.29, 0.717) is 0 Å². The van der Waals surface area contributed by atoms with Crippen LogP contribution in [0.15, 0.2) is 0 Å². The summed E-state index contributed by atoms with van der Waals surface area (Å²) in [4.78, 5) is 92.3. The van der Waals surface area contributed by atoms with Crippen LogP contribution in [0.4, 0.5) is 0 Å². The van der Waals surface area contributed by atoms with Gasteiger partial charge in [-0.3, -0.25) is 19.2 Å². The second-order valence-electron chi connectivity index (χ2n) is 17.7. The fourth-order valence-corrected chi connectivity index (χ4v) is 5.66. The van der Waals surface area contributed by atoms with Gasteiger partial charge in [0.1, 0.15) is 26.4 Å². The monoisotopic (exact) mass is 1070 g/mol. The van der Waals surface area contributed by atoms with Gasteiger partial charge in [-0.25, -0.2) is 0 Å².